The summed E-state index contributed by atoms with van der Waals surface area (Å²) in [7, 11) is 0. The second kappa shape index (κ2) is 5.00. The van der Waals surface area contributed by atoms with Crippen molar-refractivity contribution in [2.45, 2.75) is 59.0 Å². The van der Waals surface area contributed by atoms with Gasteiger partial charge in [-0.15, -0.1) is 0 Å². The molecular weight excluding hydrogens is 198 g/mol. The third-order valence-electron chi connectivity index (χ3n) is 3.60. The molecule has 0 fully saturated rings. The topological polar surface area (TPSA) is 29.9 Å². The minimum absolute atomic E-state index is 0.687. The average Bonchev–Trinajstić information content (AvgIpc) is 2.64. The van der Waals surface area contributed by atoms with Crippen molar-refractivity contribution in [3.8, 4) is 0 Å². The molecule has 0 bridgehead atoms. The molecule has 1 aromatic heterocycles. The standard InChI is InChI=1S/C13H23N3/c1-4-11-7-6-8-13-12(9-14-5-2)15-10(3)16(11)13/h11,14H,4-9H2,1-3H3. The van der Waals surface area contributed by atoms with Crippen molar-refractivity contribution in [1.29, 1.82) is 0 Å². The second-order valence-corrected chi connectivity index (χ2v) is 4.66. The molecule has 90 valence electrons. The third-order valence-corrected chi connectivity index (χ3v) is 3.60. The lowest BCUT2D eigenvalue weighted by Gasteiger charge is -2.26. The number of aromatic nitrogens is 2. The Balaban J connectivity index is 2.29. The molecule has 3 nitrogen and oxygen atoms in total. The van der Waals surface area contributed by atoms with Crippen LogP contribution in [0.15, 0.2) is 0 Å². The first-order chi connectivity index (χ1) is 7.77. The van der Waals surface area contributed by atoms with Crippen molar-refractivity contribution in [2.75, 3.05) is 6.54 Å². The number of nitrogens with zero attached hydrogens (tertiary/aromatic N) is 2. The molecule has 0 saturated carbocycles. The van der Waals surface area contributed by atoms with Crippen LogP contribution in [0.4, 0.5) is 0 Å². The highest BCUT2D eigenvalue weighted by Crippen LogP contribution is 2.30. The largest absolute Gasteiger partial charge is 0.329 e. The number of fused-ring (bicyclic) bond motifs is 1. The molecular formula is C13H23N3. The Hall–Kier alpha value is -0.830. The van der Waals surface area contributed by atoms with Crippen molar-refractivity contribution < 1.29 is 0 Å². The van der Waals surface area contributed by atoms with E-state index in [1.54, 1.807) is 0 Å². The summed E-state index contributed by atoms with van der Waals surface area (Å²) in [6.07, 6.45) is 5.08. The van der Waals surface area contributed by atoms with Gasteiger partial charge in [0.15, 0.2) is 0 Å². The van der Waals surface area contributed by atoms with E-state index in [1.807, 2.05) is 0 Å². The fourth-order valence-corrected chi connectivity index (χ4v) is 2.80. The van der Waals surface area contributed by atoms with Gasteiger partial charge in [-0.2, -0.15) is 0 Å². The van der Waals surface area contributed by atoms with Gasteiger partial charge in [0.2, 0.25) is 0 Å². The smallest absolute Gasteiger partial charge is 0.106 e. The quantitative estimate of drug-likeness (QED) is 0.847. The first-order valence-electron chi connectivity index (χ1n) is 6.55. The zero-order valence-corrected chi connectivity index (χ0v) is 10.7. The summed E-state index contributed by atoms with van der Waals surface area (Å²) >= 11 is 0. The lowest BCUT2D eigenvalue weighted by molar-refractivity contribution is 0.383. The molecule has 0 radical (unpaired) electrons. The van der Waals surface area contributed by atoms with E-state index in [0.29, 0.717) is 6.04 Å². The summed E-state index contributed by atoms with van der Waals surface area (Å²) in [5.74, 6) is 1.20. The van der Waals surface area contributed by atoms with Crippen LogP contribution < -0.4 is 5.32 Å². The number of imidazole rings is 1. The summed E-state index contributed by atoms with van der Waals surface area (Å²) < 4.78 is 2.48. The van der Waals surface area contributed by atoms with Crippen molar-refractivity contribution >= 4 is 0 Å². The minimum atomic E-state index is 0.687. The predicted molar refractivity (Wildman–Crippen MR) is 66.6 cm³/mol. The Morgan fingerprint density at radius 3 is 2.94 bits per heavy atom. The van der Waals surface area contributed by atoms with Gasteiger partial charge in [0.1, 0.15) is 5.82 Å². The van der Waals surface area contributed by atoms with Gasteiger partial charge in [-0.1, -0.05) is 13.8 Å². The summed E-state index contributed by atoms with van der Waals surface area (Å²) in [6.45, 7) is 8.51. The Morgan fingerprint density at radius 2 is 2.25 bits per heavy atom. The van der Waals surface area contributed by atoms with E-state index in [9.17, 15) is 0 Å². The lowest BCUT2D eigenvalue weighted by Crippen LogP contribution is -2.20. The first kappa shape index (κ1) is 11.6. The molecule has 0 aliphatic carbocycles. The summed E-state index contributed by atoms with van der Waals surface area (Å²) in [4.78, 5) is 4.73. The van der Waals surface area contributed by atoms with E-state index in [4.69, 9.17) is 4.98 Å². The molecule has 1 atom stereocenters. The Morgan fingerprint density at radius 1 is 1.44 bits per heavy atom. The first-order valence-corrected chi connectivity index (χ1v) is 6.55. The zero-order chi connectivity index (χ0) is 11.5. The molecule has 1 N–H and O–H groups in total. The molecule has 2 rings (SSSR count). The van der Waals surface area contributed by atoms with Gasteiger partial charge in [-0.25, -0.2) is 4.98 Å². The van der Waals surface area contributed by atoms with E-state index in [2.05, 4.69) is 30.7 Å². The fraction of sp³-hybridized carbons (Fsp3) is 0.769. The normalized spacial score (nSPS) is 19.8. The molecule has 1 unspecified atom stereocenters. The van der Waals surface area contributed by atoms with E-state index in [1.165, 1.54) is 42.9 Å². The third kappa shape index (κ3) is 2.01. The molecule has 16 heavy (non-hydrogen) atoms. The fourth-order valence-electron chi connectivity index (χ4n) is 2.80. The van der Waals surface area contributed by atoms with Crippen molar-refractivity contribution in [3.05, 3.63) is 17.2 Å². The maximum atomic E-state index is 4.73. The molecule has 0 aromatic carbocycles. The highest BCUT2D eigenvalue weighted by Gasteiger charge is 2.23. The van der Waals surface area contributed by atoms with Crippen LogP contribution in [-0.4, -0.2) is 16.1 Å². The highest BCUT2D eigenvalue weighted by molar-refractivity contribution is 5.20. The minimum Gasteiger partial charge on any atom is -0.329 e. The van der Waals surface area contributed by atoms with Gasteiger partial charge in [-0.3, -0.25) is 0 Å². The van der Waals surface area contributed by atoms with E-state index in [-0.39, 0.29) is 0 Å². The summed E-state index contributed by atoms with van der Waals surface area (Å²) in [5, 5.41) is 3.39. The molecule has 1 aliphatic heterocycles. The summed E-state index contributed by atoms with van der Waals surface area (Å²) in [6, 6.07) is 0.687. The molecule has 0 amide bonds. The molecule has 3 heteroatoms. The summed E-state index contributed by atoms with van der Waals surface area (Å²) in [5.41, 5.74) is 2.76. The van der Waals surface area contributed by atoms with Gasteiger partial charge < -0.3 is 9.88 Å². The molecule has 1 aromatic rings. The van der Waals surface area contributed by atoms with Gasteiger partial charge in [0, 0.05) is 18.3 Å². The second-order valence-electron chi connectivity index (χ2n) is 4.66. The highest BCUT2D eigenvalue weighted by atomic mass is 15.1. The molecule has 1 aliphatic rings. The van der Waals surface area contributed by atoms with Crippen LogP contribution >= 0.6 is 0 Å². The number of nitrogens with one attached hydrogen (secondary N) is 1. The Kier molecular flexibility index (Phi) is 3.64. The van der Waals surface area contributed by atoms with Crippen LogP contribution in [0.5, 0.6) is 0 Å². The van der Waals surface area contributed by atoms with Crippen LogP contribution in [0, 0.1) is 6.92 Å². The Labute approximate surface area is 98.3 Å². The SMILES string of the molecule is CCNCc1nc(C)n2c1CCCC2CC. The van der Waals surface area contributed by atoms with Crippen LogP contribution in [-0.2, 0) is 13.0 Å². The molecule has 0 spiro atoms. The zero-order valence-electron chi connectivity index (χ0n) is 10.7. The van der Waals surface area contributed by atoms with Gasteiger partial charge in [-0.05, 0) is 39.2 Å². The van der Waals surface area contributed by atoms with E-state index >= 15 is 0 Å². The van der Waals surface area contributed by atoms with Crippen molar-refractivity contribution in [1.82, 2.24) is 14.9 Å². The lowest BCUT2D eigenvalue weighted by atomic mass is 9.99. The number of rotatable bonds is 4. The van der Waals surface area contributed by atoms with E-state index < -0.39 is 0 Å². The Bertz CT molecular complexity index is 354. The number of aryl methyl sites for hydroxylation is 1. The number of hydrogen-bond donors (Lipinski definition) is 1. The maximum Gasteiger partial charge on any atom is 0.106 e. The van der Waals surface area contributed by atoms with Crippen LogP contribution in [0.1, 0.15) is 56.4 Å². The monoisotopic (exact) mass is 221 g/mol. The van der Waals surface area contributed by atoms with Crippen LogP contribution in [0.3, 0.4) is 0 Å². The van der Waals surface area contributed by atoms with Gasteiger partial charge in [0.25, 0.3) is 0 Å². The predicted octanol–water partition coefficient (Wildman–Crippen LogP) is 2.59. The van der Waals surface area contributed by atoms with Crippen molar-refractivity contribution in [3.63, 3.8) is 0 Å². The molecule has 2 heterocycles. The van der Waals surface area contributed by atoms with Gasteiger partial charge in [0.05, 0.1) is 5.69 Å². The van der Waals surface area contributed by atoms with E-state index in [0.717, 1.165) is 13.1 Å². The van der Waals surface area contributed by atoms with Crippen molar-refractivity contribution in [2.24, 2.45) is 0 Å². The average molecular weight is 221 g/mol. The number of hydrogen-bond acceptors (Lipinski definition) is 2. The van der Waals surface area contributed by atoms with Crippen LogP contribution in [0.25, 0.3) is 0 Å². The maximum absolute atomic E-state index is 4.73. The molecule has 0 saturated heterocycles. The van der Waals surface area contributed by atoms with Crippen LogP contribution in [0.2, 0.25) is 0 Å². The van der Waals surface area contributed by atoms with Gasteiger partial charge >= 0.3 is 0 Å².